The SMILES string of the molecule is CCCS(=O)(=O)c1ccccc1C(=O)N[C@H](C)c1ccc(F)c(F)c1. The molecule has 134 valence electrons. The van der Waals surface area contributed by atoms with Gasteiger partial charge in [0.1, 0.15) is 0 Å². The summed E-state index contributed by atoms with van der Waals surface area (Å²) in [6.07, 6.45) is 0.434. The van der Waals surface area contributed by atoms with Crippen molar-refractivity contribution in [2.45, 2.75) is 31.2 Å². The van der Waals surface area contributed by atoms with Gasteiger partial charge in [-0.2, -0.15) is 0 Å². The van der Waals surface area contributed by atoms with Crippen molar-refractivity contribution < 1.29 is 22.0 Å². The predicted molar refractivity (Wildman–Crippen MR) is 91.0 cm³/mol. The van der Waals surface area contributed by atoms with Crippen molar-refractivity contribution >= 4 is 15.7 Å². The standard InChI is InChI=1S/C18H19F2NO3S/c1-3-10-25(23,24)17-7-5-4-6-14(17)18(22)21-12(2)13-8-9-15(19)16(20)11-13/h4-9,11-12H,3,10H2,1-2H3,(H,21,22)/t12-/m1/s1. The average molecular weight is 367 g/mol. The second-order valence-electron chi connectivity index (χ2n) is 5.68. The van der Waals surface area contributed by atoms with E-state index < -0.39 is 33.4 Å². The number of sulfone groups is 1. The maximum atomic E-state index is 13.3. The first-order valence-corrected chi connectivity index (χ1v) is 9.49. The molecule has 0 radical (unpaired) electrons. The van der Waals surface area contributed by atoms with Gasteiger partial charge in [0, 0.05) is 0 Å². The lowest BCUT2D eigenvalue weighted by molar-refractivity contribution is 0.0936. The highest BCUT2D eigenvalue weighted by Crippen LogP contribution is 2.20. The number of hydrogen-bond donors (Lipinski definition) is 1. The van der Waals surface area contributed by atoms with Crippen molar-refractivity contribution in [3.8, 4) is 0 Å². The highest BCUT2D eigenvalue weighted by atomic mass is 32.2. The van der Waals surface area contributed by atoms with Crippen LogP contribution in [-0.4, -0.2) is 20.1 Å². The molecule has 0 saturated heterocycles. The van der Waals surface area contributed by atoms with Crippen LogP contribution in [0.1, 0.15) is 42.2 Å². The lowest BCUT2D eigenvalue weighted by atomic mass is 10.1. The summed E-state index contributed by atoms with van der Waals surface area (Å²) in [5.41, 5.74) is 0.409. The normalized spacial score (nSPS) is 12.6. The van der Waals surface area contributed by atoms with Gasteiger partial charge in [0.15, 0.2) is 21.5 Å². The maximum absolute atomic E-state index is 13.3. The Labute approximate surface area is 145 Å². The van der Waals surface area contributed by atoms with Gasteiger partial charge in [0.25, 0.3) is 5.91 Å². The zero-order chi connectivity index (χ0) is 18.6. The molecule has 0 spiro atoms. The van der Waals surface area contributed by atoms with E-state index in [0.717, 1.165) is 12.1 Å². The first kappa shape index (κ1) is 19.1. The zero-order valence-electron chi connectivity index (χ0n) is 13.9. The van der Waals surface area contributed by atoms with Crippen LogP contribution >= 0.6 is 0 Å². The highest BCUT2D eigenvalue weighted by molar-refractivity contribution is 7.91. The molecule has 0 aliphatic carbocycles. The number of carbonyl (C=O) groups excluding carboxylic acids is 1. The molecule has 7 heteroatoms. The van der Waals surface area contributed by atoms with Crippen molar-refractivity contribution in [1.29, 1.82) is 0 Å². The molecule has 0 bridgehead atoms. The van der Waals surface area contributed by atoms with Crippen LogP contribution in [-0.2, 0) is 9.84 Å². The van der Waals surface area contributed by atoms with Crippen molar-refractivity contribution in [2.75, 3.05) is 5.75 Å². The van der Waals surface area contributed by atoms with Gasteiger partial charge in [-0.15, -0.1) is 0 Å². The molecular weight excluding hydrogens is 348 g/mol. The van der Waals surface area contributed by atoms with E-state index in [1.165, 1.54) is 18.2 Å². The van der Waals surface area contributed by atoms with Gasteiger partial charge in [0.2, 0.25) is 0 Å². The summed E-state index contributed by atoms with van der Waals surface area (Å²) in [6.45, 7) is 3.35. The third-order valence-electron chi connectivity index (χ3n) is 3.73. The highest BCUT2D eigenvalue weighted by Gasteiger charge is 2.22. The Bertz CT molecular complexity index is 882. The first-order valence-electron chi connectivity index (χ1n) is 7.84. The van der Waals surface area contributed by atoms with Crippen LogP contribution in [0.4, 0.5) is 8.78 Å². The molecule has 1 N–H and O–H groups in total. The second-order valence-corrected chi connectivity index (χ2v) is 7.76. The van der Waals surface area contributed by atoms with E-state index in [1.54, 1.807) is 26.0 Å². The Balaban J connectivity index is 2.28. The van der Waals surface area contributed by atoms with Gasteiger partial charge in [-0.1, -0.05) is 25.1 Å². The molecule has 0 fully saturated rings. The molecule has 1 amide bonds. The van der Waals surface area contributed by atoms with E-state index in [2.05, 4.69) is 5.32 Å². The summed E-state index contributed by atoms with van der Waals surface area (Å²) >= 11 is 0. The number of benzene rings is 2. The fourth-order valence-corrected chi connectivity index (χ4v) is 3.98. The molecule has 0 heterocycles. The summed E-state index contributed by atoms with van der Waals surface area (Å²) in [5, 5.41) is 2.62. The molecule has 2 aromatic carbocycles. The summed E-state index contributed by atoms with van der Waals surface area (Å²) in [5.74, 6) is -2.63. The molecule has 2 rings (SSSR count). The largest absolute Gasteiger partial charge is 0.345 e. The molecule has 0 aliphatic heterocycles. The molecular formula is C18H19F2NO3S. The van der Waals surface area contributed by atoms with Gasteiger partial charge >= 0.3 is 0 Å². The molecule has 2 aromatic rings. The van der Waals surface area contributed by atoms with Crippen LogP contribution in [0.3, 0.4) is 0 Å². The minimum Gasteiger partial charge on any atom is -0.345 e. The quantitative estimate of drug-likeness (QED) is 0.848. The predicted octanol–water partition coefficient (Wildman–Crippen LogP) is 3.64. The van der Waals surface area contributed by atoms with Gasteiger partial charge < -0.3 is 5.32 Å². The van der Waals surface area contributed by atoms with Crippen molar-refractivity contribution in [3.63, 3.8) is 0 Å². The summed E-state index contributed by atoms with van der Waals surface area (Å²) in [4.78, 5) is 12.5. The smallest absolute Gasteiger partial charge is 0.253 e. The number of nitrogens with one attached hydrogen (secondary N) is 1. The molecule has 0 unspecified atom stereocenters. The van der Waals surface area contributed by atoms with Crippen LogP contribution in [0, 0.1) is 11.6 Å². The maximum Gasteiger partial charge on any atom is 0.253 e. The second kappa shape index (κ2) is 7.74. The van der Waals surface area contributed by atoms with Crippen LogP contribution < -0.4 is 5.32 Å². The van der Waals surface area contributed by atoms with Gasteiger partial charge in [-0.3, -0.25) is 4.79 Å². The number of rotatable bonds is 6. The van der Waals surface area contributed by atoms with Gasteiger partial charge in [-0.25, -0.2) is 17.2 Å². The fraction of sp³-hybridized carbons (Fsp3) is 0.278. The monoisotopic (exact) mass is 367 g/mol. The lowest BCUT2D eigenvalue weighted by Gasteiger charge is -2.16. The molecule has 0 aliphatic rings. The summed E-state index contributed by atoms with van der Waals surface area (Å²) < 4.78 is 51.0. The number of hydrogen-bond acceptors (Lipinski definition) is 3. The number of halogens is 2. The molecule has 4 nitrogen and oxygen atoms in total. The zero-order valence-corrected chi connectivity index (χ0v) is 14.7. The Morgan fingerprint density at radius 2 is 1.80 bits per heavy atom. The summed E-state index contributed by atoms with van der Waals surface area (Å²) in [6, 6.07) is 8.67. The molecule has 0 aromatic heterocycles. The Morgan fingerprint density at radius 1 is 1.12 bits per heavy atom. The third-order valence-corrected chi connectivity index (χ3v) is 5.70. The van der Waals surface area contributed by atoms with Crippen molar-refractivity contribution in [2.24, 2.45) is 0 Å². The number of carbonyl (C=O) groups is 1. The summed E-state index contributed by atoms with van der Waals surface area (Å²) in [7, 11) is -3.57. The van der Waals surface area contributed by atoms with E-state index >= 15 is 0 Å². The Morgan fingerprint density at radius 3 is 2.44 bits per heavy atom. The molecule has 1 atom stereocenters. The van der Waals surface area contributed by atoms with E-state index in [-0.39, 0.29) is 16.2 Å². The fourth-order valence-electron chi connectivity index (χ4n) is 2.44. The van der Waals surface area contributed by atoms with E-state index in [9.17, 15) is 22.0 Å². The van der Waals surface area contributed by atoms with E-state index in [0.29, 0.717) is 12.0 Å². The van der Waals surface area contributed by atoms with E-state index in [4.69, 9.17) is 0 Å². The van der Waals surface area contributed by atoms with Gasteiger partial charge in [-0.05, 0) is 43.2 Å². The Kier molecular flexibility index (Phi) is 5.89. The lowest BCUT2D eigenvalue weighted by Crippen LogP contribution is -2.28. The Hall–Kier alpha value is -2.28. The number of amides is 1. The van der Waals surface area contributed by atoms with Crippen LogP contribution in [0.2, 0.25) is 0 Å². The van der Waals surface area contributed by atoms with E-state index in [1.807, 2.05) is 0 Å². The van der Waals surface area contributed by atoms with Crippen molar-refractivity contribution in [3.05, 3.63) is 65.2 Å². The minimum atomic E-state index is -3.57. The first-order chi connectivity index (χ1) is 11.8. The van der Waals surface area contributed by atoms with Crippen LogP contribution in [0.25, 0.3) is 0 Å². The molecule has 25 heavy (non-hydrogen) atoms. The van der Waals surface area contributed by atoms with Crippen LogP contribution in [0.5, 0.6) is 0 Å². The average Bonchev–Trinajstić information content (AvgIpc) is 2.57. The third kappa shape index (κ3) is 4.42. The molecule has 0 saturated carbocycles. The van der Waals surface area contributed by atoms with Gasteiger partial charge in [0.05, 0.1) is 22.3 Å². The minimum absolute atomic E-state index is 0.0328. The van der Waals surface area contributed by atoms with Crippen LogP contribution in [0.15, 0.2) is 47.4 Å². The topological polar surface area (TPSA) is 63.2 Å². The van der Waals surface area contributed by atoms with Crippen molar-refractivity contribution in [1.82, 2.24) is 5.32 Å².